The fourth-order valence-corrected chi connectivity index (χ4v) is 1.76. The Labute approximate surface area is 105 Å². The largest absolute Gasteiger partial charge is 0.455 e. The van der Waals surface area contributed by atoms with E-state index in [4.69, 9.17) is 5.73 Å². The maximum absolute atomic E-state index is 13.3. The molecule has 1 aromatic carbocycles. The summed E-state index contributed by atoms with van der Waals surface area (Å²) in [6.07, 6.45) is -4.54. The Morgan fingerprint density at radius 3 is 2.26 bits per heavy atom. The number of benzene rings is 1. The van der Waals surface area contributed by atoms with Crippen molar-refractivity contribution in [1.29, 1.82) is 0 Å². The molecule has 0 saturated heterocycles. The van der Waals surface area contributed by atoms with Gasteiger partial charge in [-0.2, -0.15) is 22.0 Å². The second-order valence-electron chi connectivity index (χ2n) is 4.02. The van der Waals surface area contributed by atoms with E-state index in [0.717, 1.165) is 12.3 Å². The highest BCUT2D eigenvalue weighted by molar-refractivity contribution is 5.82. The first-order valence-corrected chi connectivity index (χ1v) is 5.29. The molecule has 0 spiro atoms. The fourth-order valence-electron chi connectivity index (χ4n) is 1.76. The summed E-state index contributed by atoms with van der Waals surface area (Å²) in [4.78, 5) is 3.89. The Balaban J connectivity index is 2.56. The summed E-state index contributed by atoms with van der Waals surface area (Å²) in [5.74, 6) is -5.00. The van der Waals surface area contributed by atoms with Crippen molar-refractivity contribution < 1.29 is 22.0 Å². The second kappa shape index (κ2) is 4.41. The van der Waals surface area contributed by atoms with Gasteiger partial charge in [-0.3, -0.25) is 4.98 Å². The van der Waals surface area contributed by atoms with E-state index in [1.807, 2.05) is 0 Å². The van der Waals surface area contributed by atoms with Crippen LogP contribution in [0.25, 0.3) is 10.9 Å². The van der Waals surface area contributed by atoms with Crippen LogP contribution < -0.4 is 5.73 Å². The van der Waals surface area contributed by atoms with E-state index in [9.17, 15) is 22.0 Å². The Kier molecular flexibility index (Phi) is 3.17. The van der Waals surface area contributed by atoms with Crippen LogP contribution in [0.2, 0.25) is 0 Å². The van der Waals surface area contributed by atoms with Gasteiger partial charge in [0.15, 0.2) is 0 Å². The summed E-state index contributed by atoms with van der Waals surface area (Å²) in [5, 5.41) is 0.182. The smallest absolute Gasteiger partial charge is 0.319 e. The lowest BCUT2D eigenvalue weighted by molar-refractivity contribution is -0.290. The van der Waals surface area contributed by atoms with Gasteiger partial charge in [-0.15, -0.1) is 0 Å². The van der Waals surface area contributed by atoms with Crippen molar-refractivity contribution in [3.05, 3.63) is 42.1 Å². The van der Waals surface area contributed by atoms with Gasteiger partial charge in [-0.25, -0.2) is 0 Å². The van der Waals surface area contributed by atoms with Crippen molar-refractivity contribution in [2.75, 3.05) is 0 Å². The molecule has 7 heteroatoms. The number of nitrogens with zero attached hydrogens (tertiary/aromatic N) is 1. The zero-order valence-corrected chi connectivity index (χ0v) is 9.46. The van der Waals surface area contributed by atoms with Crippen LogP contribution in [-0.4, -0.2) is 17.1 Å². The van der Waals surface area contributed by atoms with Gasteiger partial charge in [0.05, 0.1) is 5.52 Å². The van der Waals surface area contributed by atoms with Crippen LogP contribution in [-0.2, 0) is 0 Å². The lowest BCUT2D eigenvalue weighted by atomic mass is 9.97. The molecule has 1 atom stereocenters. The van der Waals surface area contributed by atoms with E-state index in [2.05, 4.69) is 4.98 Å². The molecule has 2 aromatic rings. The van der Waals surface area contributed by atoms with Crippen LogP contribution in [0.3, 0.4) is 0 Å². The summed E-state index contributed by atoms with van der Waals surface area (Å²) in [5.41, 5.74) is 5.16. The van der Waals surface area contributed by atoms with Gasteiger partial charge in [0.25, 0.3) is 0 Å². The Bertz CT molecular complexity index is 589. The van der Waals surface area contributed by atoms with E-state index in [0.29, 0.717) is 5.52 Å². The molecule has 102 valence electrons. The number of aromatic nitrogens is 1. The normalized spacial score (nSPS) is 14.6. The molecule has 0 fully saturated rings. The van der Waals surface area contributed by atoms with Crippen molar-refractivity contribution in [3.63, 3.8) is 0 Å². The number of fused-ring (bicyclic) bond motifs is 1. The maximum Gasteiger partial charge on any atom is 0.455 e. The summed E-state index contributed by atoms with van der Waals surface area (Å²) in [7, 11) is 0. The molecule has 1 aromatic heterocycles. The monoisotopic (exact) mass is 276 g/mol. The SMILES string of the molecule is N[C@@H](c1ccnc2ccccc12)C(F)(F)C(F)(F)F. The quantitative estimate of drug-likeness (QED) is 0.853. The molecule has 0 radical (unpaired) electrons. The van der Waals surface area contributed by atoms with Crippen molar-refractivity contribution >= 4 is 10.9 Å². The number of alkyl halides is 5. The van der Waals surface area contributed by atoms with Gasteiger partial charge in [0.2, 0.25) is 0 Å². The highest BCUT2D eigenvalue weighted by Crippen LogP contribution is 2.44. The molecule has 0 saturated carbocycles. The first-order chi connectivity index (χ1) is 8.75. The minimum Gasteiger partial charge on any atom is -0.319 e. The predicted octanol–water partition coefficient (Wildman–Crippen LogP) is 3.43. The number of nitrogens with two attached hydrogens (primary N) is 1. The molecule has 0 aliphatic rings. The van der Waals surface area contributed by atoms with Gasteiger partial charge in [-0.1, -0.05) is 18.2 Å². The molecule has 0 bridgehead atoms. The van der Waals surface area contributed by atoms with Crippen LogP contribution in [0.4, 0.5) is 22.0 Å². The van der Waals surface area contributed by atoms with Gasteiger partial charge in [-0.05, 0) is 17.7 Å². The molecule has 19 heavy (non-hydrogen) atoms. The Morgan fingerprint density at radius 2 is 1.63 bits per heavy atom. The highest BCUT2D eigenvalue weighted by Gasteiger charge is 2.61. The van der Waals surface area contributed by atoms with E-state index >= 15 is 0 Å². The van der Waals surface area contributed by atoms with Crippen molar-refractivity contribution in [1.82, 2.24) is 4.98 Å². The van der Waals surface area contributed by atoms with Crippen LogP contribution in [0.1, 0.15) is 11.6 Å². The Morgan fingerprint density at radius 1 is 1.00 bits per heavy atom. The molecule has 2 rings (SSSR count). The molecule has 0 aliphatic carbocycles. The zero-order chi connectivity index (χ0) is 14.3. The molecule has 0 amide bonds. The predicted molar refractivity (Wildman–Crippen MR) is 59.7 cm³/mol. The number of para-hydroxylation sites is 1. The second-order valence-corrected chi connectivity index (χ2v) is 4.02. The summed E-state index contributed by atoms with van der Waals surface area (Å²) in [6.45, 7) is 0. The van der Waals surface area contributed by atoms with Crippen molar-refractivity contribution in [2.45, 2.75) is 18.1 Å². The standard InChI is InChI=1S/C12H9F5N2/c13-11(14,12(15,16)17)10(18)8-5-6-19-9-4-2-1-3-7(8)9/h1-6,10H,18H2/t10-/m0/s1. The molecule has 0 unspecified atom stereocenters. The van der Waals surface area contributed by atoms with Gasteiger partial charge in [0.1, 0.15) is 6.04 Å². The minimum absolute atomic E-state index is 0.182. The minimum atomic E-state index is -5.70. The van der Waals surface area contributed by atoms with E-state index in [-0.39, 0.29) is 10.9 Å². The number of hydrogen-bond acceptors (Lipinski definition) is 2. The van der Waals surface area contributed by atoms with Gasteiger partial charge >= 0.3 is 12.1 Å². The molecular formula is C12H9F5N2. The van der Waals surface area contributed by atoms with E-state index in [1.165, 1.54) is 18.2 Å². The summed E-state index contributed by atoms with van der Waals surface area (Å²) >= 11 is 0. The fraction of sp³-hybridized carbons (Fsp3) is 0.250. The summed E-state index contributed by atoms with van der Waals surface area (Å²) < 4.78 is 63.5. The average molecular weight is 276 g/mol. The maximum atomic E-state index is 13.3. The first-order valence-electron chi connectivity index (χ1n) is 5.29. The van der Waals surface area contributed by atoms with E-state index in [1.54, 1.807) is 6.07 Å². The third-order valence-electron chi connectivity index (χ3n) is 2.79. The molecule has 2 N–H and O–H groups in total. The van der Waals surface area contributed by atoms with Crippen LogP contribution in [0.15, 0.2) is 36.5 Å². The van der Waals surface area contributed by atoms with Gasteiger partial charge in [0, 0.05) is 11.6 Å². The molecule has 2 nitrogen and oxygen atoms in total. The lowest BCUT2D eigenvalue weighted by Crippen LogP contribution is -2.45. The third-order valence-corrected chi connectivity index (χ3v) is 2.79. The van der Waals surface area contributed by atoms with Crippen molar-refractivity contribution in [2.24, 2.45) is 5.73 Å². The average Bonchev–Trinajstić information content (AvgIpc) is 2.36. The third kappa shape index (κ3) is 2.25. The zero-order valence-electron chi connectivity index (χ0n) is 9.46. The number of hydrogen-bond donors (Lipinski definition) is 1. The number of halogens is 5. The van der Waals surface area contributed by atoms with Gasteiger partial charge < -0.3 is 5.73 Å². The number of rotatable bonds is 2. The Hall–Kier alpha value is -1.76. The highest BCUT2D eigenvalue weighted by atomic mass is 19.4. The molecule has 1 heterocycles. The molecular weight excluding hydrogens is 267 g/mol. The van der Waals surface area contributed by atoms with Crippen LogP contribution >= 0.6 is 0 Å². The number of pyridine rings is 1. The lowest BCUT2D eigenvalue weighted by Gasteiger charge is -2.26. The summed E-state index contributed by atoms with van der Waals surface area (Å²) in [6, 6.07) is 4.65. The van der Waals surface area contributed by atoms with E-state index < -0.39 is 18.1 Å². The van der Waals surface area contributed by atoms with Crippen molar-refractivity contribution in [3.8, 4) is 0 Å². The topological polar surface area (TPSA) is 38.9 Å². The first kappa shape index (κ1) is 13.7. The van der Waals surface area contributed by atoms with Crippen LogP contribution in [0, 0.1) is 0 Å². The molecule has 0 aliphatic heterocycles. The van der Waals surface area contributed by atoms with Crippen LogP contribution in [0.5, 0.6) is 0 Å².